The van der Waals surface area contributed by atoms with E-state index in [-0.39, 0.29) is 23.8 Å². The highest BCUT2D eigenvalue weighted by atomic mass is 16.5. The number of aromatic amines is 1. The third-order valence-electron chi connectivity index (χ3n) is 6.95. The zero-order chi connectivity index (χ0) is 22.8. The predicted molar refractivity (Wildman–Crippen MR) is 129 cm³/mol. The molecule has 1 aliphatic heterocycles. The average Bonchev–Trinajstić information content (AvgIpc) is 3.49. The van der Waals surface area contributed by atoms with Gasteiger partial charge in [-0.1, -0.05) is 18.2 Å². The van der Waals surface area contributed by atoms with Gasteiger partial charge in [0.1, 0.15) is 0 Å². The lowest BCUT2D eigenvalue weighted by Crippen LogP contribution is -2.43. The molecule has 7 heteroatoms. The molecule has 33 heavy (non-hydrogen) atoms. The maximum atomic E-state index is 12.6. The van der Waals surface area contributed by atoms with Crippen molar-refractivity contribution in [3.05, 3.63) is 47.5 Å². The number of benzene rings is 2. The number of piperidine rings is 1. The Kier molecular flexibility index (Phi) is 6.11. The molecule has 0 bridgehead atoms. The second kappa shape index (κ2) is 9.33. The predicted octanol–water partition coefficient (Wildman–Crippen LogP) is 4.53. The number of H-pyrrole nitrogens is 1. The Morgan fingerprint density at radius 1 is 1.15 bits per heavy atom. The summed E-state index contributed by atoms with van der Waals surface area (Å²) in [5.74, 6) is 2.45. The number of ether oxygens (including phenoxy) is 2. The third kappa shape index (κ3) is 4.63. The van der Waals surface area contributed by atoms with Crippen LogP contribution in [0, 0.1) is 12.8 Å². The average molecular weight is 449 g/mol. The lowest BCUT2D eigenvalue weighted by Gasteiger charge is -2.30. The van der Waals surface area contributed by atoms with Crippen molar-refractivity contribution in [1.82, 2.24) is 15.3 Å². The molecule has 3 aromatic rings. The summed E-state index contributed by atoms with van der Waals surface area (Å²) in [6, 6.07) is 12.3. The normalized spacial score (nSPS) is 21.2. The Balaban J connectivity index is 1.28. The molecule has 1 aliphatic carbocycles. The number of imidazole rings is 1. The van der Waals surface area contributed by atoms with Gasteiger partial charge in [0.15, 0.2) is 11.5 Å². The molecule has 174 valence electrons. The summed E-state index contributed by atoms with van der Waals surface area (Å²) >= 11 is 0. The van der Waals surface area contributed by atoms with Crippen LogP contribution >= 0.6 is 0 Å². The first-order chi connectivity index (χ1) is 16.1. The van der Waals surface area contributed by atoms with Crippen molar-refractivity contribution in [1.29, 1.82) is 0 Å². The summed E-state index contributed by atoms with van der Waals surface area (Å²) in [7, 11) is 1.68. The molecule has 1 saturated carbocycles. The summed E-state index contributed by atoms with van der Waals surface area (Å²) in [4.78, 5) is 20.5. The highest BCUT2D eigenvalue weighted by Crippen LogP contribution is 2.36. The quantitative estimate of drug-likeness (QED) is 0.494. The van der Waals surface area contributed by atoms with Crippen molar-refractivity contribution in [2.75, 3.05) is 25.5 Å². The van der Waals surface area contributed by atoms with Gasteiger partial charge in [0.2, 0.25) is 11.9 Å². The van der Waals surface area contributed by atoms with Gasteiger partial charge in [-0.15, -0.1) is 0 Å². The zero-order valence-corrected chi connectivity index (χ0v) is 19.3. The first-order valence-electron chi connectivity index (χ1n) is 11.9. The SMILES string of the molecule is COc1ccc([C@H]2CNC(=O)[C@@H](CNc3nc4c(C)cccc4[nH]3)C2)cc1OC1CCCC1. The number of carbonyl (C=O) groups excluding carboxylic acids is 1. The van der Waals surface area contributed by atoms with E-state index < -0.39 is 0 Å². The van der Waals surface area contributed by atoms with E-state index >= 15 is 0 Å². The molecule has 1 aromatic heterocycles. The van der Waals surface area contributed by atoms with Crippen LogP contribution in [0.1, 0.15) is 49.1 Å². The topological polar surface area (TPSA) is 88.3 Å². The lowest BCUT2D eigenvalue weighted by atomic mass is 9.85. The van der Waals surface area contributed by atoms with Crippen molar-refractivity contribution in [2.24, 2.45) is 5.92 Å². The molecule has 7 nitrogen and oxygen atoms in total. The molecule has 0 radical (unpaired) electrons. The second-order valence-electron chi connectivity index (χ2n) is 9.25. The van der Waals surface area contributed by atoms with Crippen LogP contribution in [0.5, 0.6) is 11.5 Å². The fourth-order valence-electron chi connectivity index (χ4n) is 5.04. The molecular formula is C26H32N4O3. The fraction of sp³-hybridized carbons (Fsp3) is 0.462. The Bertz CT molecular complexity index is 1140. The number of nitrogens with zero attached hydrogens (tertiary/aromatic N) is 1. The molecule has 2 aromatic carbocycles. The monoisotopic (exact) mass is 448 g/mol. The second-order valence-corrected chi connectivity index (χ2v) is 9.25. The molecule has 1 saturated heterocycles. The molecule has 2 atom stereocenters. The maximum absolute atomic E-state index is 12.6. The third-order valence-corrected chi connectivity index (χ3v) is 6.95. The number of amides is 1. The number of hydrogen-bond acceptors (Lipinski definition) is 5. The van der Waals surface area contributed by atoms with Gasteiger partial charge in [0.25, 0.3) is 0 Å². The van der Waals surface area contributed by atoms with Gasteiger partial charge in [0, 0.05) is 19.0 Å². The van der Waals surface area contributed by atoms with E-state index in [1.165, 1.54) is 18.4 Å². The van der Waals surface area contributed by atoms with Crippen LogP contribution in [0.15, 0.2) is 36.4 Å². The van der Waals surface area contributed by atoms with Gasteiger partial charge in [-0.2, -0.15) is 0 Å². The molecule has 2 aliphatic rings. The smallest absolute Gasteiger partial charge is 0.224 e. The fourth-order valence-corrected chi connectivity index (χ4v) is 5.04. The molecule has 0 spiro atoms. The van der Waals surface area contributed by atoms with Crippen molar-refractivity contribution in [2.45, 2.75) is 51.0 Å². The number of fused-ring (bicyclic) bond motifs is 1. The van der Waals surface area contributed by atoms with Gasteiger partial charge < -0.3 is 25.1 Å². The van der Waals surface area contributed by atoms with Crippen LogP contribution < -0.4 is 20.1 Å². The minimum Gasteiger partial charge on any atom is -0.493 e. The van der Waals surface area contributed by atoms with Gasteiger partial charge >= 0.3 is 0 Å². The van der Waals surface area contributed by atoms with Gasteiger partial charge in [-0.3, -0.25) is 4.79 Å². The van der Waals surface area contributed by atoms with E-state index in [0.29, 0.717) is 19.0 Å². The first-order valence-corrected chi connectivity index (χ1v) is 11.9. The Morgan fingerprint density at radius 3 is 2.79 bits per heavy atom. The number of methoxy groups -OCH3 is 1. The minimum atomic E-state index is -0.139. The van der Waals surface area contributed by atoms with Crippen molar-refractivity contribution >= 4 is 22.9 Å². The van der Waals surface area contributed by atoms with E-state index in [1.807, 2.05) is 31.2 Å². The molecular weight excluding hydrogens is 416 g/mol. The van der Waals surface area contributed by atoms with E-state index in [4.69, 9.17) is 9.47 Å². The highest BCUT2D eigenvalue weighted by Gasteiger charge is 2.30. The van der Waals surface area contributed by atoms with Gasteiger partial charge in [-0.05, 0) is 68.4 Å². The molecule has 2 fully saturated rings. The van der Waals surface area contributed by atoms with Gasteiger partial charge in [0.05, 0.1) is 30.2 Å². The largest absolute Gasteiger partial charge is 0.493 e. The van der Waals surface area contributed by atoms with Crippen molar-refractivity contribution in [3.63, 3.8) is 0 Å². The number of nitrogens with one attached hydrogen (secondary N) is 3. The van der Waals surface area contributed by atoms with Gasteiger partial charge in [-0.25, -0.2) is 4.98 Å². The van der Waals surface area contributed by atoms with Crippen molar-refractivity contribution < 1.29 is 14.3 Å². The molecule has 0 unspecified atom stereocenters. The maximum Gasteiger partial charge on any atom is 0.224 e. The number of aromatic nitrogens is 2. The summed E-state index contributed by atoms with van der Waals surface area (Å²) in [5, 5.41) is 6.43. The minimum absolute atomic E-state index is 0.0852. The van der Waals surface area contributed by atoms with Crippen LogP contribution in [-0.4, -0.2) is 42.2 Å². The van der Waals surface area contributed by atoms with Crippen LogP contribution in [0.4, 0.5) is 5.95 Å². The van der Waals surface area contributed by atoms with E-state index in [2.05, 4.69) is 32.7 Å². The molecule has 2 heterocycles. The molecule has 3 N–H and O–H groups in total. The standard InChI is InChI=1S/C26H32N4O3/c1-16-6-5-9-21-24(16)30-26(29-21)28-15-19-12-18(14-27-25(19)31)17-10-11-22(32-2)23(13-17)33-20-7-3-4-8-20/h5-6,9-11,13,18-20H,3-4,7-8,12,14-15H2,1-2H3,(H,27,31)(H2,28,29,30)/t18-,19-/m1/s1. The Hall–Kier alpha value is -3.22. The number of carbonyl (C=O) groups is 1. The lowest BCUT2D eigenvalue weighted by molar-refractivity contribution is -0.126. The van der Waals surface area contributed by atoms with Crippen LogP contribution in [0.2, 0.25) is 0 Å². The molecule has 5 rings (SSSR count). The Morgan fingerprint density at radius 2 is 2.00 bits per heavy atom. The van der Waals surface area contributed by atoms with Crippen LogP contribution in [0.3, 0.4) is 0 Å². The number of aryl methyl sites for hydroxylation is 1. The summed E-state index contributed by atoms with van der Waals surface area (Å²) in [6.07, 6.45) is 5.68. The molecule has 1 amide bonds. The summed E-state index contributed by atoms with van der Waals surface area (Å²) in [5.41, 5.74) is 4.26. The number of rotatable bonds is 7. The number of para-hydroxylation sites is 1. The van der Waals surface area contributed by atoms with Crippen LogP contribution in [-0.2, 0) is 4.79 Å². The first kappa shape index (κ1) is 21.6. The highest BCUT2D eigenvalue weighted by molar-refractivity contribution is 5.82. The van der Waals surface area contributed by atoms with E-state index in [9.17, 15) is 4.79 Å². The van der Waals surface area contributed by atoms with E-state index in [0.717, 1.165) is 47.4 Å². The zero-order valence-electron chi connectivity index (χ0n) is 19.3. The number of anilines is 1. The number of hydrogen-bond donors (Lipinski definition) is 3. The summed E-state index contributed by atoms with van der Waals surface area (Å²) in [6.45, 7) is 3.21. The Labute approximate surface area is 194 Å². The van der Waals surface area contributed by atoms with E-state index in [1.54, 1.807) is 7.11 Å². The van der Waals surface area contributed by atoms with Crippen LogP contribution in [0.25, 0.3) is 11.0 Å². The van der Waals surface area contributed by atoms with Crippen molar-refractivity contribution in [3.8, 4) is 11.5 Å². The summed E-state index contributed by atoms with van der Waals surface area (Å²) < 4.78 is 11.8.